The number of nitrogens with one attached hydrogen (secondary N) is 2. The molecule has 0 spiro atoms. The molecule has 7 heteroatoms. The molecule has 2 aromatic carbocycles. The van der Waals surface area contributed by atoms with Crippen molar-refractivity contribution in [3.63, 3.8) is 0 Å². The summed E-state index contributed by atoms with van der Waals surface area (Å²) in [4.78, 5) is 35.3. The molecule has 2 rings (SSSR count). The maximum absolute atomic E-state index is 11.9. The molecule has 3 amide bonds. The van der Waals surface area contributed by atoms with Gasteiger partial charge in [-0.15, -0.1) is 0 Å². The fraction of sp³-hybridized carbons (Fsp3) is 0.211. The summed E-state index contributed by atoms with van der Waals surface area (Å²) in [5.41, 5.74) is 3.25. The summed E-state index contributed by atoms with van der Waals surface area (Å²) in [7, 11) is 0. The Morgan fingerprint density at radius 3 is 2.42 bits per heavy atom. The number of carbonyl (C=O) groups excluding carboxylic acids is 3. The highest BCUT2D eigenvalue weighted by atomic mass is 35.5. The van der Waals surface area contributed by atoms with Gasteiger partial charge in [-0.1, -0.05) is 35.9 Å². The SMILES string of the molecule is Cc1cccc(NC(=O)NC(=O)COC(=O)Cc2ccc(Cl)cc2)c1C. The number of rotatable bonds is 5. The molecule has 0 saturated heterocycles. The smallest absolute Gasteiger partial charge is 0.325 e. The summed E-state index contributed by atoms with van der Waals surface area (Å²) < 4.78 is 4.87. The van der Waals surface area contributed by atoms with Crippen LogP contribution in [-0.2, 0) is 20.7 Å². The predicted molar refractivity (Wildman–Crippen MR) is 99.2 cm³/mol. The molecule has 0 fully saturated rings. The van der Waals surface area contributed by atoms with Gasteiger partial charge >= 0.3 is 12.0 Å². The van der Waals surface area contributed by atoms with E-state index in [0.717, 1.165) is 11.1 Å². The number of ether oxygens (including phenoxy) is 1. The molecular weight excluding hydrogens is 356 g/mol. The maximum Gasteiger partial charge on any atom is 0.325 e. The number of urea groups is 1. The number of amides is 3. The second-order valence-electron chi connectivity index (χ2n) is 5.71. The van der Waals surface area contributed by atoms with Crippen molar-refractivity contribution in [2.45, 2.75) is 20.3 Å². The lowest BCUT2D eigenvalue weighted by Gasteiger charge is -2.11. The highest BCUT2D eigenvalue weighted by Gasteiger charge is 2.12. The van der Waals surface area contributed by atoms with Crippen molar-refractivity contribution in [3.8, 4) is 0 Å². The summed E-state index contributed by atoms with van der Waals surface area (Å²) in [6.07, 6.45) is 0.0130. The fourth-order valence-corrected chi connectivity index (χ4v) is 2.29. The third kappa shape index (κ3) is 5.89. The second kappa shape index (κ2) is 9.01. The van der Waals surface area contributed by atoms with Crippen molar-refractivity contribution in [1.29, 1.82) is 0 Å². The standard InChI is InChI=1S/C19H19ClN2O4/c1-12-4-3-5-16(13(12)2)21-19(25)22-17(23)11-26-18(24)10-14-6-8-15(20)9-7-14/h3-9H,10-11H2,1-2H3,(H2,21,22,23,25). The van der Waals surface area contributed by atoms with Crippen molar-refractivity contribution in [2.24, 2.45) is 0 Å². The Hall–Kier alpha value is -2.86. The van der Waals surface area contributed by atoms with Gasteiger partial charge in [-0.2, -0.15) is 0 Å². The monoisotopic (exact) mass is 374 g/mol. The van der Waals surface area contributed by atoms with Gasteiger partial charge in [0.15, 0.2) is 6.61 Å². The van der Waals surface area contributed by atoms with Crippen LogP contribution < -0.4 is 10.6 Å². The van der Waals surface area contributed by atoms with E-state index in [-0.39, 0.29) is 6.42 Å². The third-order valence-electron chi connectivity index (χ3n) is 3.73. The van der Waals surface area contributed by atoms with E-state index in [9.17, 15) is 14.4 Å². The molecule has 0 heterocycles. The van der Waals surface area contributed by atoms with Gasteiger partial charge in [-0.3, -0.25) is 14.9 Å². The lowest BCUT2D eigenvalue weighted by molar-refractivity contribution is -0.147. The molecule has 0 aromatic heterocycles. The first-order chi connectivity index (χ1) is 12.3. The molecule has 0 aliphatic carbocycles. The van der Waals surface area contributed by atoms with Crippen LogP contribution in [0.3, 0.4) is 0 Å². The van der Waals surface area contributed by atoms with Crippen molar-refractivity contribution in [2.75, 3.05) is 11.9 Å². The van der Waals surface area contributed by atoms with Crippen molar-refractivity contribution < 1.29 is 19.1 Å². The normalized spacial score (nSPS) is 10.1. The summed E-state index contributed by atoms with van der Waals surface area (Å²) in [5.74, 6) is -1.28. The fourth-order valence-electron chi connectivity index (χ4n) is 2.17. The number of imide groups is 1. The van der Waals surface area contributed by atoms with E-state index >= 15 is 0 Å². The summed E-state index contributed by atoms with van der Waals surface area (Å²) >= 11 is 5.77. The number of esters is 1. The quantitative estimate of drug-likeness (QED) is 0.785. The third-order valence-corrected chi connectivity index (χ3v) is 3.98. The van der Waals surface area contributed by atoms with Crippen LogP contribution in [0.5, 0.6) is 0 Å². The van der Waals surface area contributed by atoms with Crippen LogP contribution in [0.4, 0.5) is 10.5 Å². The first-order valence-corrected chi connectivity index (χ1v) is 8.30. The van der Waals surface area contributed by atoms with Crippen molar-refractivity contribution in [1.82, 2.24) is 5.32 Å². The Labute approximate surface area is 156 Å². The van der Waals surface area contributed by atoms with E-state index in [0.29, 0.717) is 16.3 Å². The van der Waals surface area contributed by atoms with Crippen LogP contribution in [-0.4, -0.2) is 24.5 Å². The zero-order valence-corrected chi connectivity index (χ0v) is 15.2. The lowest BCUT2D eigenvalue weighted by Crippen LogP contribution is -2.37. The van der Waals surface area contributed by atoms with Gasteiger partial charge in [0.2, 0.25) is 0 Å². The number of benzene rings is 2. The van der Waals surface area contributed by atoms with E-state index in [1.54, 1.807) is 36.4 Å². The van der Waals surface area contributed by atoms with Crippen LogP contribution in [0, 0.1) is 13.8 Å². The number of hydrogen-bond donors (Lipinski definition) is 2. The number of hydrogen-bond acceptors (Lipinski definition) is 4. The maximum atomic E-state index is 11.9. The molecule has 0 atom stereocenters. The Morgan fingerprint density at radius 2 is 1.73 bits per heavy atom. The molecular formula is C19H19ClN2O4. The summed E-state index contributed by atoms with van der Waals surface area (Å²) in [6, 6.07) is 11.5. The van der Waals surface area contributed by atoms with Crippen molar-refractivity contribution >= 4 is 35.2 Å². The van der Waals surface area contributed by atoms with Crippen LogP contribution in [0.25, 0.3) is 0 Å². The van der Waals surface area contributed by atoms with Crippen LogP contribution in [0.1, 0.15) is 16.7 Å². The molecule has 2 aromatic rings. The van der Waals surface area contributed by atoms with E-state index in [1.807, 2.05) is 19.9 Å². The Bertz CT molecular complexity index is 819. The molecule has 6 nitrogen and oxygen atoms in total. The average Bonchev–Trinajstić information content (AvgIpc) is 2.59. The predicted octanol–water partition coefficient (Wildman–Crippen LogP) is 3.39. The molecule has 0 saturated carbocycles. The lowest BCUT2D eigenvalue weighted by atomic mass is 10.1. The minimum Gasteiger partial charge on any atom is -0.455 e. The van der Waals surface area contributed by atoms with E-state index in [4.69, 9.17) is 16.3 Å². The van der Waals surface area contributed by atoms with Gasteiger partial charge in [0.05, 0.1) is 6.42 Å². The first-order valence-electron chi connectivity index (χ1n) is 7.92. The van der Waals surface area contributed by atoms with Gasteiger partial charge in [0, 0.05) is 10.7 Å². The topological polar surface area (TPSA) is 84.5 Å². The Kier molecular flexibility index (Phi) is 6.74. The zero-order chi connectivity index (χ0) is 19.1. The largest absolute Gasteiger partial charge is 0.455 e. The second-order valence-corrected chi connectivity index (χ2v) is 6.15. The van der Waals surface area contributed by atoms with E-state index < -0.39 is 24.5 Å². The molecule has 0 bridgehead atoms. The van der Waals surface area contributed by atoms with Crippen LogP contribution in [0.15, 0.2) is 42.5 Å². The molecule has 0 aliphatic rings. The number of halogens is 1. The van der Waals surface area contributed by atoms with Gasteiger partial charge in [-0.05, 0) is 48.7 Å². The minimum absolute atomic E-state index is 0.0130. The van der Waals surface area contributed by atoms with E-state index in [1.165, 1.54) is 0 Å². The molecule has 0 unspecified atom stereocenters. The Morgan fingerprint density at radius 1 is 1.04 bits per heavy atom. The Balaban J connectivity index is 1.77. The molecule has 26 heavy (non-hydrogen) atoms. The highest BCUT2D eigenvalue weighted by Crippen LogP contribution is 2.17. The number of anilines is 1. The van der Waals surface area contributed by atoms with E-state index in [2.05, 4.69) is 10.6 Å². The minimum atomic E-state index is -0.711. The number of aryl methyl sites for hydroxylation is 1. The first kappa shape index (κ1) is 19.5. The van der Waals surface area contributed by atoms with Crippen LogP contribution in [0.2, 0.25) is 5.02 Å². The van der Waals surface area contributed by atoms with Crippen molar-refractivity contribution in [3.05, 3.63) is 64.2 Å². The van der Waals surface area contributed by atoms with Gasteiger partial charge in [0.25, 0.3) is 5.91 Å². The summed E-state index contributed by atoms with van der Waals surface area (Å²) in [6.45, 7) is 3.25. The summed E-state index contributed by atoms with van der Waals surface area (Å²) in [5, 5.41) is 5.28. The molecule has 136 valence electrons. The molecule has 0 radical (unpaired) electrons. The van der Waals surface area contributed by atoms with Crippen LogP contribution >= 0.6 is 11.6 Å². The highest BCUT2D eigenvalue weighted by molar-refractivity contribution is 6.30. The van der Waals surface area contributed by atoms with Gasteiger partial charge < -0.3 is 10.1 Å². The number of carbonyl (C=O) groups is 3. The van der Waals surface area contributed by atoms with Gasteiger partial charge in [0.1, 0.15) is 0 Å². The average molecular weight is 375 g/mol. The molecule has 0 aliphatic heterocycles. The zero-order valence-electron chi connectivity index (χ0n) is 14.5. The molecule has 2 N–H and O–H groups in total. The van der Waals surface area contributed by atoms with Gasteiger partial charge in [-0.25, -0.2) is 4.79 Å².